The van der Waals surface area contributed by atoms with E-state index in [1.54, 1.807) is 26.8 Å². The van der Waals surface area contributed by atoms with Crippen LogP contribution in [0.25, 0.3) is 22.3 Å². The Morgan fingerprint density at radius 3 is 0.938 bits per heavy atom. The van der Waals surface area contributed by atoms with Crippen LogP contribution < -0.4 is 0 Å². The fourth-order valence-electron chi connectivity index (χ4n) is 10.4. The summed E-state index contributed by atoms with van der Waals surface area (Å²) in [6.07, 6.45) is 9.57. The van der Waals surface area contributed by atoms with Gasteiger partial charge in [-0.25, -0.2) is 0 Å². The van der Waals surface area contributed by atoms with Crippen molar-refractivity contribution >= 4 is 37.7 Å². The van der Waals surface area contributed by atoms with Gasteiger partial charge in [0.05, 0.1) is 36.9 Å². The second-order valence-electron chi connectivity index (χ2n) is 39.1. The molecule has 1 N–H and O–H groups in total. The number of allylic oxidation sites excluding steroid dienone is 1. The van der Waals surface area contributed by atoms with Crippen LogP contribution >= 0.6 is 0 Å². The highest BCUT2D eigenvalue weighted by Gasteiger charge is 2.29. The Labute approximate surface area is 793 Å². The van der Waals surface area contributed by atoms with Crippen molar-refractivity contribution in [2.45, 2.75) is 304 Å². The molecule has 11 heteroatoms. The third-order valence-corrected chi connectivity index (χ3v) is 20.2. The highest BCUT2D eigenvalue weighted by Crippen LogP contribution is 2.44. The number of benzene rings is 8. The molecule has 722 valence electrons. The number of fused-ring (bicyclic) bond motifs is 3. The van der Waals surface area contributed by atoms with Crippen molar-refractivity contribution in [3.05, 3.63) is 289 Å². The van der Waals surface area contributed by atoms with Crippen LogP contribution in [0.1, 0.15) is 292 Å². The predicted octanol–water partition coefficient (Wildman–Crippen LogP) is 33.2. The molecule has 0 atom stereocenters. The largest absolute Gasteiger partial charge is 0.465 e. The van der Waals surface area contributed by atoms with Crippen molar-refractivity contribution in [2.75, 3.05) is 19.8 Å². The molecule has 1 aliphatic rings. The number of hydrogen-bond donors (Lipinski definition) is 1. The molecule has 0 bridgehead atoms. The maximum absolute atomic E-state index is 11.7. The van der Waals surface area contributed by atoms with E-state index < -0.39 is 8.07 Å². The molecule has 0 heterocycles. The Kier molecular flexibility index (Phi) is 79.5. The minimum Gasteiger partial charge on any atom is -0.465 e. The molecule has 9 rings (SSSR count). The van der Waals surface area contributed by atoms with Gasteiger partial charge in [-0.2, -0.15) is 0 Å². The van der Waals surface area contributed by atoms with E-state index in [0.29, 0.717) is 44.2 Å². The minimum atomic E-state index is -0.720. The lowest BCUT2D eigenvalue weighted by atomic mass is 9.98. The fraction of sp³-hybridized carbons (Fsp3) is 0.517. The number of carbonyl (C=O) groups is 5. The molecule has 1 aliphatic carbocycles. The zero-order chi connectivity index (χ0) is 99.6. The summed E-state index contributed by atoms with van der Waals surface area (Å²) < 4.78 is 20.1. The van der Waals surface area contributed by atoms with Gasteiger partial charge in [0, 0.05) is 19.9 Å². The minimum absolute atomic E-state index is 0.00116. The molecule has 0 aliphatic heterocycles. The lowest BCUT2D eigenvalue weighted by Gasteiger charge is -2.17. The van der Waals surface area contributed by atoms with Gasteiger partial charge in [-0.05, 0) is 141 Å². The first-order valence-corrected chi connectivity index (χ1v) is 51.7. The maximum atomic E-state index is 11.7. The van der Waals surface area contributed by atoms with Crippen LogP contribution in [0.4, 0.5) is 0 Å². The number of esters is 4. The monoisotopic (exact) mass is 1790 g/mol. The number of carbonyl (C=O) groups excluding carboxylic acids is 5. The molecule has 0 fully saturated rings. The Morgan fingerprint density at radius 1 is 0.357 bits per heavy atom. The number of ether oxygens (including phenoxy) is 4. The van der Waals surface area contributed by atoms with Gasteiger partial charge in [0.25, 0.3) is 0 Å². The Morgan fingerprint density at radius 2 is 0.667 bits per heavy atom. The molecule has 0 aromatic heterocycles. The second-order valence-corrected chi connectivity index (χ2v) is 44.7. The molecule has 8 aromatic rings. The van der Waals surface area contributed by atoms with Crippen molar-refractivity contribution in [1.29, 1.82) is 0 Å². The first kappa shape index (κ1) is 128. The van der Waals surface area contributed by atoms with Crippen LogP contribution in [0.3, 0.4) is 0 Å². The Hall–Kier alpha value is -9.03. The molecule has 0 saturated heterocycles. The summed E-state index contributed by atoms with van der Waals surface area (Å²) in [4.78, 5) is 54.4. The summed E-state index contributed by atoms with van der Waals surface area (Å²) in [5.41, 5.74) is 13.8. The standard InChI is InChI=1S/C18H18O2.C12H10.C11H14O2.C11H16O.C10H14.C9H12.C8H16O2.C7H12O2.C7H18Si.C6H12.C5H10O.2C5H12.C4H10/c1-12(2)18(19)20-11-17-15-9-5-3-7-13(15)14-8-4-6-10-16(14)17;1-3-7-11(8-4-1)12-9-5-2-6-10-12;1-9(2)11(12)13-8-10-6-4-3-5-7-10;1-9(2)7-10-3-5-11(8-12)6-4-10;1-9(2)8-10-6-4-3-5-7-10;1-8(2)9-6-4-3-5-7-9;1-6(2)5-10-8(9)7(3)4;1-4-5-9-7(8)6(2)3;1-7(2)6-8(3,4)5;1-4-5-6(2)3;1-4(2)5(3)6;2*1-4-5(2)3;1-4(2)3/h3-10,12,17H,11H2,1-2H3;1-10H;3-7,9H,8H2,1-2H3;3-6,9,12H,7-8H2,1-2H3;3-7,9H,8H2,1-2H3;3-8H,1-2H3;6-7H,5H2,1-4H3;4,6H,1,5H2,2-3H3;7H,6H2,1-5H3;4,6H,1,5H2,2-3H3;4H,1-3H3;2*5H,4H2,1-3H3;4H,1-3H3. The molecule has 0 spiro atoms. The van der Waals surface area contributed by atoms with Gasteiger partial charge >= 0.3 is 23.9 Å². The third-order valence-electron chi connectivity index (χ3n) is 18.2. The summed E-state index contributed by atoms with van der Waals surface area (Å²) in [7, 11) is -0.720. The van der Waals surface area contributed by atoms with E-state index in [-0.39, 0.29) is 71.8 Å². The summed E-state index contributed by atoms with van der Waals surface area (Å²) in [5.74, 6) is 6.74. The van der Waals surface area contributed by atoms with Crippen molar-refractivity contribution in [3.63, 3.8) is 0 Å². The molecule has 8 aromatic carbocycles. The van der Waals surface area contributed by atoms with Gasteiger partial charge in [-0.1, -0.05) is 496 Å². The number of hydrogen-bond acceptors (Lipinski definition) is 10. The number of Topliss-reactive ketones (excluding diaryl/α,β-unsaturated/α-hetero) is 1. The van der Waals surface area contributed by atoms with E-state index in [2.05, 4.69) is 316 Å². The second kappa shape index (κ2) is 79.9. The molecule has 0 radical (unpaired) electrons. The number of rotatable bonds is 26. The lowest BCUT2D eigenvalue weighted by Crippen LogP contribution is -2.21. The summed E-state index contributed by atoms with van der Waals surface area (Å²) in [6, 6.07) is 77.9. The molecule has 129 heavy (non-hydrogen) atoms. The SMILES string of the molecule is C=CCC(C)C.C=CCOC(=O)C(C)C.CC(=O)C(C)C.CC(C)C.CC(C)C(=O)OCC1c2ccccc2-c2ccccc21.CC(C)C(=O)OCc1ccccc1.CC(C)COC(=O)C(C)C.CC(C)C[Si](C)(C)C.CC(C)Cc1ccc(CO)cc1.CC(C)Cc1ccccc1.CC(C)c1ccccc1.CCC(C)C.CCC(C)C.c1ccc(-c2ccccc2)cc1. The van der Waals surface area contributed by atoms with E-state index in [1.165, 1.54) is 75.4 Å². The van der Waals surface area contributed by atoms with Crippen molar-refractivity contribution in [1.82, 2.24) is 0 Å². The van der Waals surface area contributed by atoms with Gasteiger partial charge in [-0.3, -0.25) is 24.0 Å². The zero-order valence-electron chi connectivity index (χ0n) is 88.0. The van der Waals surface area contributed by atoms with Crippen LogP contribution in [-0.2, 0) is 69.0 Å². The molecule has 10 nitrogen and oxygen atoms in total. The molecule has 0 unspecified atom stereocenters. The topological polar surface area (TPSA) is 142 Å². The molecule has 0 saturated carbocycles. The van der Waals surface area contributed by atoms with Gasteiger partial charge in [0.15, 0.2) is 0 Å². The highest BCUT2D eigenvalue weighted by molar-refractivity contribution is 6.76. The summed E-state index contributed by atoms with van der Waals surface area (Å²) >= 11 is 0. The maximum Gasteiger partial charge on any atom is 0.308 e. The highest BCUT2D eigenvalue weighted by atomic mass is 28.3. The lowest BCUT2D eigenvalue weighted by molar-refractivity contribution is -0.149. The van der Waals surface area contributed by atoms with Crippen LogP contribution in [0.2, 0.25) is 25.7 Å². The normalized spacial score (nSPS) is 10.6. The van der Waals surface area contributed by atoms with Crippen LogP contribution in [0.15, 0.2) is 250 Å². The van der Waals surface area contributed by atoms with E-state index in [9.17, 15) is 24.0 Å². The van der Waals surface area contributed by atoms with E-state index in [4.69, 9.17) is 24.1 Å². The average Bonchev–Trinajstić information content (AvgIpc) is 1.62. The zero-order valence-corrected chi connectivity index (χ0v) is 89.0. The van der Waals surface area contributed by atoms with Gasteiger partial charge in [-0.15, -0.1) is 6.58 Å². The fourth-order valence-corrected chi connectivity index (χ4v) is 12.8. The third kappa shape index (κ3) is 78.5. The molecular formula is C118H186O10Si. The molecule has 0 amide bonds. The van der Waals surface area contributed by atoms with E-state index in [0.717, 1.165) is 59.5 Å². The summed E-state index contributed by atoms with van der Waals surface area (Å²) in [5, 5.41) is 8.81. The Bertz CT molecular complexity index is 3890. The van der Waals surface area contributed by atoms with Gasteiger partial charge < -0.3 is 24.1 Å². The number of ketones is 1. The Balaban J connectivity index is -0.000000437. The first-order chi connectivity index (χ1) is 60.5. The average molecular weight is 1790 g/mol. The smallest absolute Gasteiger partial charge is 0.308 e. The van der Waals surface area contributed by atoms with Crippen molar-refractivity contribution < 1.29 is 48.0 Å². The molecular weight excluding hydrogens is 1610 g/mol. The number of aliphatic hydroxyl groups is 1. The van der Waals surface area contributed by atoms with Crippen LogP contribution in [0, 0.1) is 76.9 Å². The number of aliphatic hydroxyl groups excluding tert-OH is 1. The van der Waals surface area contributed by atoms with Crippen LogP contribution in [0.5, 0.6) is 0 Å². The summed E-state index contributed by atoms with van der Waals surface area (Å²) in [6.45, 7) is 82.2. The van der Waals surface area contributed by atoms with Crippen molar-refractivity contribution in [2.24, 2.45) is 76.9 Å². The van der Waals surface area contributed by atoms with Crippen molar-refractivity contribution in [3.8, 4) is 22.3 Å². The quantitative estimate of drug-likeness (QED) is 0.0241. The predicted molar refractivity (Wildman–Crippen MR) is 564 cm³/mol. The van der Waals surface area contributed by atoms with Crippen LogP contribution in [-0.4, -0.2) is 62.7 Å². The van der Waals surface area contributed by atoms with Gasteiger partial charge in [0.1, 0.15) is 25.6 Å². The van der Waals surface area contributed by atoms with E-state index >= 15 is 0 Å². The van der Waals surface area contributed by atoms with Gasteiger partial charge in [0.2, 0.25) is 0 Å². The first-order valence-electron chi connectivity index (χ1n) is 48.0. The van der Waals surface area contributed by atoms with E-state index in [1.807, 2.05) is 148 Å².